The van der Waals surface area contributed by atoms with Crippen LogP contribution in [0.3, 0.4) is 0 Å². The normalized spacial score (nSPS) is 11.0. The molecule has 0 aromatic carbocycles. The van der Waals surface area contributed by atoms with Crippen LogP contribution in [0.15, 0.2) is 0 Å². The summed E-state index contributed by atoms with van der Waals surface area (Å²) in [5.41, 5.74) is 0. The van der Waals surface area contributed by atoms with Crippen LogP contribution in [0.4, 0.5) is 0 Å². The van der Waals surface area contributed by atoms with Crippen LogP contribution in [-0.4, -0.2) is 44.9 Å². The van der Waals surface area contributed by atoms with E-state index in [1.54, 1.807) is 0 Å². The van der Waals surface area contributed by atoms with E-state index >= 15 is 0 Å². The van der Waals surface area contributed by atoms with Crippen LogP contribution in [0.5, 0.6) is 0 Å². The summed E-state index contributed by atoms with van der Waals surface area (Å²) in [4.78, 5) is 0. The largest absolute Gasteiger partial charge is 0.379 e. The summed E-state index contributed by atoms with van der Waals surface area (Å²) in [5, 5.41) is 0. The Labute approximate surface area is 113 Å². The van der Waals surface area contributed by atoms with E-state index in [1.165, 1.54) is 0 Å². The molecule has 0 aliphatic carbocycles. The lowest BCUT2D eigenvalue weighted by Gasteiger charge is -2.09. The molecule has 0 heterocycles. The quantitative estimate of drug-likeness (QED) is 0.473. The van der Waals surface area contributed by atoms with Crippen LogP contribution in [0.1, 0.15) is 48.5 Å². The van der Waals surface area contributed by atoms with Crippen molar-refractivity contribution in [1.29, 1.82) is 0 Å². The van der Waals surface area contributed by atoms with Crippen molar-refractivity contribution in [2.45, 2.75) is 66.8 Å². The average Bonchev–Trinajstić information content (AvgIpc) is 2.24. The molecule has 0 aromatic heterocycles. The van der Waals surface area contributed by atoms with Gasteiger partial charge in [-0.25, -0.2) is 0 Å². The SMILES string of the molecule is CC(C)OCOC(C)C.CCOCCOC(C)C. The Morgan fingerprint density at radius 1 is 0.667 bits per heavy atom. The first-order chi connectivity index (χ1) is 8.40. The summed E-state index contributed by atoms with van der Waals surface area (Å²) in [7, 11) is 0. The van der Waals surface area contributed by atoms with Gasteiger partial charge >= 0.3 is 0 Å². The predicted molar refractivity (Wildman–Crippen MR) is 74.9 cm³/mol. The molecule has 0 saturated heterocycles. The number of rotatable bonds is 9. The molecular formula is C14H32O4. The molecule has 0 aliphatic heterocycles. The molecule has 0 unspecified atom stereocenters. The Morgan fingerprint density at radius 2 is 1.11 bits per heavy atom. The maximum absolute atomic E-state index is 5.22. The molecule has 18 heavy (non-hydrogen) atoms. The lowest BCUT2D eigenvalue weighted by molar-refractivity contribution is -0.0994. The fraction of sp³-hybridized carbons (Fsp3) is 1.00. The summed E-state index contributed by atoms with van der Waals surface area (Å²) in [6.45, 7) is 16.6. The molecule has 0 bridgehead atoms. The minimum absolute atomic E-state index is 0.267. The summed E-state index contributed by atoms with van der Waals surface area (Å²) < 4.78 is 20.5. The molecule has 0 aliphatic rings. The van der Waals surface area contributed by atoms with Crippen molar-refractivity contribution in [1.82, 2.24) is 0 Å². The van der Waals surface area contributed by atoms with E-state index in [2.05, 4.69) is 0 Å². The third-order valence-electron chi connectivity index (χ3n) is 1.69. The van der Waals surface area contributed by atoms with Crippen LogP contribution in [-0.2, 0) is 18.9 Å². The van der Waals surface area contributed by atoms with Crippen LogP contribution < -0.4 is 0 Å². The molecule has 0 rings (SSSR count). The fourth-order valence-corrected chi connectivity index (χ4v) is 0.799. The number of hydrogen-bond donors (Lipinski definition) is 0. The molecule has 0 N–H and O–H groups in total. The van der Waals surface area contributed by atoms with Gasteiger partial charge in [0.25, 0.3) is 0 Å². The predicted octanol–water partition coefficient (Wildman–Crippen LogP) is 3.24. The molecule has 0 saturated carbocycles. The van der Waals surface area contributed by atoms with E-state index < -0.39 is 0 Å². The Hall–Kier alpha value is -0.160. The lowest BCUT2D eigenvalue weighted by Crippen LogP contribution is -2.11. The number of hydrogen-bond acceptors (Lipinski definition) is 4. The standard InChI is InChI=1S/2C7H16O2/c1-6(2)8-5-9-7(3)4;1-4-8-5-6-9-7(2)3/h6-7H,5H2,1-4H3;7H,4-6H2,1-3H3. The molecule has 0 amide bonds. The maximum Gasteiger partial charge on any atom is 0.147 e. The van der Waals surface area contributed by atoms with Gasteiger partial charge < -0.3 is 18.9 Å². The van der Waals surface area contributed by atoms with Gasteiger partial charge in [-0.2, -0.15) is 0 Å². The molecular weight excluding hydrogens is 232 g/mol. The van der Waals surface area contributed by atoms with Gasteiger partial charge in [-0.1, -0.05) is 0 Å². The zero-order valence-electron chi connectivity index (χ0n) is 13.2. The van der Waals surface area contributed by atoms with Gasteiger partial charge in [0, 0.05) is 6.61 Å². The topological polar surface area (TPSA) is 36.9 Å². The molecule has 0 aromatic rings. The Kier molecular flexibility index (Phi) is 16.7. The second kappa shape index (κ2) is 14.9. The Bertz CT molecular complexity index is 139. The first-order valence-electron chi connectivity index (χ1n) is 6.82. The van der Waals surface area contributed by atoms with E-state index in [4.69, 9.17) is 18.9 Å². The second-order valence-electron chi connectivity index (χ2n) is 4.67. The third-order valence-corrected chi connectivity index (χ3v) is 1.69. The van der Waals surface area contributed by atoms with Crippen LogP contribution in [0.2, 0.25) is 0 Å². The highest BCUT2D eigenvalue weighted by atomic mass is 16.7. The first kappa shape index (κ1) is 20.2. The van der Waals surface area contributed by atoms with Crippen LogP contribution in [0.25, 0.3) is 0 Å². The van der Waals surface area contributed by atoms with E-state index in [9.17, 15) is 0 Å². The Balaban J connectivity index is 0. The summed E-state index contributed by atoms with van der Waals surface area (Å²) in [5.74, 6) is 0. The van der Waals surface area contributed by atoms with Gasteiger partial charge in [0.15, 0.2) is 0 Å². The van der Waals surface area contributed by atoms with Crippen molar-refractivity contribution in [2.24, 2.45) is 0 Å². The van der Waals surface area contributed by atoms with Crippen molar-refractivity contribution < 1.29 is 18.9 Å². The van der Waals surface area contributed by atoms with E-state index in [0.717, 1.165) is 6.61 Å². The smallest absolute Gasteiger partial charge is 0.147 e. The van der Waals surface area contributed by atoms with E-state index in [-0.39, 0.29) is 12.2 Å². The van der Waals surface area contributed by atoms with Gasteiger partial charge in [-0.15, -0.1) is 0 Å². The van der Waals surface area contributed by atoms with Crippen molar-refractivity contribution >= 4 is 0 Å². The van der Waals surface area contributed by atoms with E-state index in [0.29, 0.717) is 26.1 Å². The van der Waals surface area contributed by atoms with Gasteiger partial charge in [0.2, 0.25) is 0 Å². The molecule has 0 atom stereocenters. The summed E-state index contributed by atoms with van der Waals surface area (Å²) >= 11 is 0. The zero-order valence-corrected chi connectivity index (χ0v) is 13.2. The average molecular weight is 264 g/mol. The van der Waals surface area contributed by atoms with Crippen molar-refractivity contribution in [2.75, 3.05) is 26.6 Å². The Morgan fingerprint density at radius 3 is 1.44 bits per heavy atom. The highest BCUT2D eigenvalue weighted by molar-refractivity contribution is 4.35. The molecule has 4 heteroatoms. The van der Waals surface area contributed by atoms with Crippen LogP contribution in [0, 0.1) is 0 Å². The number of ether oxygens (including phenoxy) is 4. The van der Waals surface area contributed by atoms with Gasteiger partial charge in [0.1, 0.15) is 6.79 Å². The third kappa shape index (κ3) is 24.9. The second-order valence-corrected chi connectivity index (χ2v) is 4.67. The van der Waals surface area contributed by atoms with Crippen LogP contribution >= 0.6 is 0 Å². The molecule has 0 radical (unpaired) electrons. The minimum Gasteiger partial charge on any atom is -0.379 e. The molecule has 0 spiro atoms. The van der Waals surface area contributed by atoms with Gasteiger partial charge in [-0.3, -0.25) is 0 Å². The zero-order chi connectivity index (χ0) is 14.4. The summed E-state index contributed by atoms with van der Waals surface area (Å²) in [6, 6.07) is 0. The monoisotopic (exact) mass is 264 g/mol. The molecule has 4 nitrogen and oxygen atoms in total. The highest BCUT2D eigenvalue weighted by Crippen LogP contribution is 1.91. The van der Waals surface area contributed by atoms with E-state index in [1.807, 2.05) is 48.5 Å². The minimum atomic E-state index is 0.267. The van der Waals surface area contributed by atoms with Crippen molar-refractivity contribution in [3.05, 3.63) is 0 Å². The van der Waals surface area contributed by atoms with Crippen molar-refractivity contribution in [3.8, 4) is 0 Å². The summed E-state index contributed by atoms with van der Waals surface area (Å²) in [6.07, 6.45) is 0.859. The maximum atomic E-state index is 5.22. The van der Waals surface area contributed by atoms with Gasteiger partial charge in [-0.05, 0) is 48.5 Å². The highest BCUT2D eigenvalue weighted by Gasteiger charge is 1.94. The molecule has 112 valence electrons. The van der Waals surface area contributed by atoms with Crippen molar-refractivity contribution in [3.63, 3.8) is 0 Å². The lowest BCUT2D eigenvalue weighted by atomic mass is 10.5. The van der Waals surface area contributed by atoms with Gasteiger partial charge in [0.05, 0.1) is 31.5 Å². The fourth-order valence-electron chi connectivity index (χ4n) is 0.799. The molecule has 0 fully saturated rings. The first-order valence-corrected chi connectivity index (χ1v) is 6.82.